The second kappa shape index (κ2) is 6.85. The molecule has 0 unspecified atom stereocenters. The zero-order chi connectivity index (χ0) is 18.8. The molecule has 0 atom stereocenters. The van der Waals surface area contributed by atoms with Crippen LogP contribution in [0.3, 0.4) is 0 Å². The Bertz CT molecular complexity index is 882. The number of hydrogen-bond acceptors (Lipinski definition) is 5. The Labute approximate surface area is 146 Å². The molecule has 0 spiro atoms. The lowest BCUT2D eigenvalue weighted by atomic mass is 9.92. The molecule has 0 aliphatic carbocycles. The van der Waals surface area contributed by atoms with Gasteiger partial charge < -0.3 is 10.1 Å². The number of sulfonamides is 1. The van der Waals surface area contributed by atoms with E-state index in [-0.39, 0.29) is 28.2 Å². The molecule has 0 saturated heterocycles. The summed E-state index contributed by atoms with van der Waals surface area (Å²) in [7, 11) is -2.52. The number of aromatic amines is 1. The van der Waals surface area contributed by atoms with Gasteiger partial charge in [-0.3, -0.25) is 9.89 Å². The Balaban J connectivity index is 2.19. The Morgan fingerprint density at radius 1 is 1.32 bits per heavy atom. The van der Waals surface area contributed by atoms with E-state index in [1.165, 1.54) is 25.3 Å². The van der Waals surface area contributed by atoms with Crippen LogP contribution in [0.4, 0.5) is 0 Å². The topological polar surface area (TPSA) is 127 Å². The van der Waals surface area contributed by atoms with Gasteiger partial charge in [-0.1, -0.05) is 20.8 Å². The molecular weight excluding hydrogens is 344 g/mol. The molecule has 0 radical (unpaired) electrons. The molecule has 0 aliphatic heterocycles. The van der Waals surface area contributed by atoms with Crippen molar-refractivity contribution >= 4 is 15.9 Å². The van der Waals surface area contributed by atoms with Gasteiger partial charge in [0.05, 0.1) is 35.5 Å². The Hall–Kier alpha value is -2.39. The monoisotopic (exact) mass is 366 g/mol. The summed E-state index contributed by atoms with van der Waals surface area (Å²) in [5.41, 5.74) is 1.60. The highest BCUT2D eigenvalue weighted by Crippen LogP contribution is 2.22. The molecule has 1 heterocycles. The molecule has 2 rings (SSSR count). The third-order valence-corrected chi connectivity index (χ3v) is 4.49. The number of carbonyl (C=O) groups excluding carboxylic acids is 1. The summed E-state index contributed by atoms with van der Waals surface area (Å²) >= 11 is 0. The summed E-state index contributed by atoms with van der Waals surface area (Å²) in [5.74, 6) is -0.223. The largest absolute Gasteiger partial charge is 0.496 e. The Morgan fingerprint density at radius 3 is 2.52 bits per heavy atom. The van der Waals surface area contributed by atoms with E-state index >= 15 is 0 Å². The number of benzene rings is 1. The van der Waals surface area contributed by atoms with Gasteiger partial charge in [0, 0.05) is 5.41 Å². The van der Waals surface area contributed by atoms with Crippen LogP contribution >= 0.6 is 0 Å². The lowest BCUT2D eigenvalue weighted by Gasteiger charge is -2.13. The summed E-state index contributed by atoms with van der Waals surface area (Å²) in [6.45, 7) is 6.32. The van der Waals surface area contributed by atoms with Crippen molar-refractivity contribution in [3.8, 4) is 5.75 Å². The van der Waals surface area contributed by atoms with Gasteiger partial charge in [0.15, 0.2) is 0 Å². The van der Waals surface area contributed by atoms with Gasteiger partial charge in [0.2, 0.25) is 10.0 Å². The number of aromatic nitrogens is 2. The molecular formula is C16H22N4O4S. The van der Waals surface area contributed by atoms with E-state index < -0.39 is 15.9 Å². The summed E-state index contributed by atoms with van der Waals surface area (Å²) in [5, 5.41) is 14.9. The van der Waals surface area contributed by atoms with Crippen molar-refractivity contribution in [1.82, 2.24) is 15.5 Å². The number of amides is 1. The average Bonchev–Trinajstić information content (AvgIpc) is 3.00. The van der Waals surface area contributed by atoms with Crippen molar-refractivity contribution in [3.63, 3.8) is 0 Å². The summed E-state index contributed by atoms with van der Waals surface area (Å²) < 4.78 is 28.1. The van der Waals surface area contributed by atoms with E-state index in [0.717, 1.165) is 11.4 Å². The van der Waals surface area contributed by atoms with E-state index in [9.17, 15) is 13.2 Å². The Kier molecular flexibility index (Phi) is 5.19. The molecule has 0 fully saturated rings. The van der Waals surface area contributed by atoms with E-state index in [1.54, 1.807) is 0 Å². The van der Waals surface area contributed by atoms with Crippen LogP contribution in [0.1, 0.15) is 42.5 Å². The summed E-state index contributed by atoms with van der Waals surface area (Å²) in [6, 6.07) is 5.74. The van der Waals surface area contributed by atoms with Crippen molar-refractivity contribution in [2.24, 2.45) is 5.14 Å². The summed E-state index contributed by atoms with van der Waals surface area (Å²) in [6.07, 6.45) is 0. The predicted octanol–water partition coefficient (Wildman–Crippen LogP) is 1.29. The molecule has 4 N–H and O–H groups in total. The van der Waals surface area contributed by atoms with Gasteiger partial charge in [-0.2, -0.15) is 5.10 Å². The minimum absolute atomic E-state index is 0.0876. The van der Waals surface area contributed by atoms with E-state index in [4.69, 9.17) is 9.88 Å². The molecule has 1 amide bonds. The van der Waals surface area contributed by atoms with E-state index in [0.29, 0.717) is 0 Å². The second-order valence-corrected chi connectivity index (χ2v) is 8.18. The van der Waals surface area contributed by atoms with Gasteiger partial charge in [0.25, 0.3) is 5.91 Å². The fourth-order valence-corrected chi connectivity index (χ4v) is 2.69. The van der Waals surface area contributed by atoms with Crippen molar-refractivity contribution in [2.75, 3.05) is 7.11 Å². The maximum atomic E-state index is 12.4. The third kappa shape index (κ3) is 4.58. The van der Waals surface area contributed by atoms with Crippen molar-refractivity contribution in [3.05, 3.63) is 41.2 Å². The third-order valence-electron chi connectivity index (χ3n) is 3.58. The Morgan fingerprint density at radius 2 is 2.00 bits per heavy atom. The van der Waals surface area contributed by atoms with Gasteiger partial charge in [0.1, 0.15) is 5.75 Å². The molecule has 136 valence electrons. The van der Waals surface area contributed by atoms with E-state index in [1.807, 2.05) is 26.8 Å². The molecule has 1 aromatic heterocycles. The maximum Gasteiger partial charge on any atom is 0.255 e. The van der Waals surface area contributed by atoms with Gasteiger partial charge in [-0.25, -0.2) is 13.6 Å². The number of hydrogen-bond donors (Lipinski definition) is 3. The van der Waals surface area contributed by atoms with Crippen LogP contribution < -0.4 is 15.2 Å². The first-order valence-electron chi connectivity index (χ1n) is 7.56. The van der Waals surface area contributed by atoms with Gasteiger partial charge in [-0.15, -0.1) is 0 Å². The number of nitrogens with one attached hydrogen (secondary N) is 2. The lowest BCUT2D eigenvalue weighted by molar-refractivity contribution is 0.0947. The highest BCUT2D eigenvalue weighted by molar-refractivity contribution is 7.89. The number of ether oxygens (including phenoxy) is 1. The molecule has 9 heteroatoms. The standard InChI is InChI=1S/C16H22N4O4S/c1-16(2,3)14-7-10(19-20-14)9-18-15(21)12-8-11(25(17,22)23)5-6-13(12)24-4/h5-8H,9H2,1-4H3,(H,18,21)(H,19,20)(H2,17,22,23). The molecule has 8 nitrogen and oxygen atoms in total. The first-order chi connectivity index (χ1) is 11.5. The van der Waals surface area contributed by atoms with Crippen LogP contribution in [0.15, 0.2) is 29.2 Å². The lowest BCUT2D eigenvalue weighted by Crippen LogP contribution is -2.24. The molecule has 0 aliphatic rings. The number of H-pyrrole nitrogens is 1. The number of nitrogens with two attached hydrogens (primary N) is 1. The zero-order valence-electron chi connectivity index (χ0n) is 14.6. The fraction of sp³-hybridized carbons (Fsp3) is 0.375. The molecule has 0 bridgehead atoms. The molecule has 2 aromatic rings. The number of nitrogens with zero attached hydrogens (tertiary/aromatic N) is 1. The fourth-order valence-electron chi connectivity index (χ4n) is 2.15. The van der Waals surface area contributed by atoms with Crippen LogP contribution in [0.2, 0.25) is 0 Å². The summed E-state index contributed by atoms with van der Waals surface area (Å²) in [4.78, 5) is 12.3. The molecule has 1 aromatic carbocycles. The SMILES string of the molecule is COc1ccc(S(N)(=O)=O)cc1C(=O)NCc1cc(C(C)(C)C)n[nH]1. The molecule has 0 saturated carbocycles. The van der Waals surface area contributed by atoms with Crippen molar-refractivity contribution < 1.29 is 17.9 Å². The first-order valence-corrected chi connectivity index (χ1v) is 9.11. The highest BCUT2D eigenvalue weighted by Gasteiger charge is 2.19. The minimum atomic E-state index is -3.92. The average molecular weight is 366 g/mol. The van der Waals surface area contributed by atoms with Crippen LogP contribution in [0, 0.1) is 0 Å². The first kappa shape index (κ1) is 18.9. The van der Waals surface area contributed by atoms with Gasteiger partial charge in [-0.05, 0) is 24.3 Å². The van der Waals surface area contributed by atoms with Crippen LogP contribution in [-0.4, -0.2) is 31.6 Å². The van der Waals surface area contributed by atoms with Gasteiger partial charge >= 0.3 is 0 Å². The quantitative estimate of drug-likeness (QED) is 0.735. The second-order valence-electron chi connectivity index (χ2n) is 6.62. The minimum Gasteiger partial charge on any atom is -0.496 e. The van der Waals surface area contributed by atoms with Crippen LogP contribution in [0.25, 0.3) is 0 Å². The van der Waals surface area contributed by atoms with E-state index in [2.05, 4.69) is 15.5 Å². The number of carbonyl (C=O) groups is 1. The predicted molar refractivity (Wildman–Crippen MR) is 92.8 cm³/mol. The number of rotatable bonds is 5. The normalized spacial score (nSPS) is 12.0. The maximum absolute atomic E-state index is 12.4. The smallest absolute Gasteiger partial charge is 0.255 e. The highest BCUT2D eigenvalue weighted by atomic mass is 32.2. The van der Waals surface area contributed by atoms with Crippen molar-refractivity contribution in [2.45, 2.75) is 37.6 Å². The van der Waals surface area contributed by atoms with Crippen LogP contribution in [0.5, 0.6) is 5.75 Å². The number of primary sulfonamides is 1. The zero-order valence-corrected chi connectivity index (χ0v) is 15.4. The van der Waals surface area contributed by atoms with Crippen LogP contribution in [-0.2, 0) is 22.0 Å². The number of methoxy groups -OCH3 is 1. The van der Waals surface area contributed by atoms with Crippen molar-refractivity contribution in [1.29, 1.82) is 0 Å². The molecule has 25 heavy (non-hydrogen) atoms.